The molecule has 2 heterocycles. The molecule has 2 aliphatic rings. The van der Waals surface area contributed by atoms with Gasteiger partial charge >= 0.3 is 0 Å². The van der Waals surface area contributed by atoms with Crippen molar-refractivity contribution in [1.29, 1.82) is 0 Å². The first kappa shape index (κ1) is 12.2. The third-order valence-electron chi connectivity index (χ3n) is 3.50. The van der Waals surface area contributed by atoms with Gasteiger partial charge in [0.1, 0.15) is 16.7 Å². The number of thioether (sulfide) groups is 1. The molecule has 3 rings (SSSR count). The summed E-state index contributed by atoms with van der Waals surface area (Å²) in [7, 11) is 1.91. The zero-order chi connectivity index (χ0) is 12.5. The summed E-state index contributed by atoms with van der Waals surface area (Å²) in [5, 5.41) is 4.74. The van der Waals surface area contributed by atoms with E-state index in [1.165, 1.54) is 12.8 Å². The summed E-state index contributed by atoms with van der Waals surface area (Å²) in [4.78, 5) is 9.24. The lowest BCUT2D eigenvalue weighted by molar-refractivity contribution is 0.127. The molecule has 2 atom stereocenters. The van der Waals surface area contributed by atoms with Crippen LogP contribution in [0, 0.1) is 0 Å². The van der Waals surface area contributed by atoms with Crippen LogP contribution in [0.5, 0.6) is 0 Å². The van der Waals surface area contributed by atoms with Crippen LogP contribution in [-0.4, -0.2) is 35.0 Å². The third kappa shape index (κ3) is 2.62. The Morgan fingerprint density at radius 1 is 1.33 bits per heavy atom. The average molecular weight is 265 g/mol. The lowest BCUT2D eigenvalue weighted by Gasteiger charge is -2.14. The number of hydrogen-bond acceptors (Lipinski definition) is 5. The summed E-state index contributed by atoms with van der Waals surface area (Å²) in [5.41, 5.74) is 0. The quantitative estimate of drug-likeness (QED) is 0.848. The first-order valence-electron chi connectivity index (χ1n) is 6.61. The van der Waals surface area contributed by atoms with Crippen molar-refractivity contribution in [3.63, 3.8) is 0 Å². The smallest absolute Gasteiger partial charge is 0.135 e. The van der Waals surface area contributed by atoms with Crippen molar-refractivity contribution in [1.82, 2.24) is 9.97 Å². The highest BCUT2D eigenvalue weighted by molar-refractivity contribution is 7.99. The Morgan fingerprint density at radius 3 is 2.78 bits per heavy atom. The maximum absolute atomic E-state index is 5.60. The highest BCUT2D eigenvalue weighted by atomic mass is 32.2. The van der Waals surface area contributed by atoms with Crippen molar-refractivity contribution in [2.75, 3.05) is 19.0 Å². The lowest BCUT2D eigenvalue weighted by Crippen LogP contribution is -2.13. The SMILES string of the molecule is CNc1cc(SC2CCOC2C)nc(C2CC2)n1. The van der Waals surface area contributed by atoms with E-state index in [1.54, 1.807) is 0 Å². The van der Waals surface area contributed by atoms with E-state index in [1.807, 2.05) is 24.9 Å². The van der Waals surface area contributed by atoms with Crippen LogP contribution in [0.3, 0.4) is 0 Å². The Kier molecular flexibility index (Phi) is 3.43. The van der Waals surface area contributed by atoms with Gasteiger partial charge in [-0.05, 0) is 26.2 Å². The van der Waals surface area contributed by atoms with Gasteiger partial charge in [0.05, 0.1) is 6.10 Å². The molecule has 0 aromatic carbocycles. The Balaban J connectivity index is 1.79. The highest BCUT2D eigenvalue weighted by Crippen LogP contribution is 2.40. The van der Waals surface area contributed by atoms with Crippen molar-refractivity contribution >= 4 is 17.6 Å². The molecule has 1 aliphatic heterocycles. The fraction of sp³-hybridized carbons (Fsp3) is 0.692. The zero-order valence-corrected chi connectivity index (χ0v) is 11.7. The molecule has 1 aromatic rings. The van der Waals surface area contributed by atoms with E-state index in [2.05, 4.69) is 17.2 Å². The second kappa shape index (κ2) is 5.05. The molecule has 0 radical (unpaired) electrons. The summed E-state index contributed by atoms with van der Waals surface area (Å²) < 4.78 is 5.60. The molecule has 1 saturated heterocycles. The lowest BCUT2D eigenvalue weighted by atomic mass is 10.3. The van der Waals surface area contributed by atoms with E-state index >= 15 is 0 Å². The summed E-state index contributed by atoms with van der Waals surface area (Å²) in [6.07, 6.45) is 3.91. The summed E-state index contributed by atoms with van der Waals surface area (Å²) in [6.45, 7) is 3.02. The predicted octanol–water partition coefficient (Wildman–Crippen LogP) is 2.67. The second-order valence-corrected chi connectivity index (χ2v) is 6.25. The third-order valence-corrected chi connectivity index (χ3v) is 4.87. The minimum Gasteiger partial charge on any atom is -0.377 e. The summed E-state index contributed by atoms with van der Waals surface area (Å²) in [6, 6.07) is 2.04. The van der Waals surface area contributed by atoms with Crippen molar-refractivity contribution in [2.24, 2.45) is 0 Å². The maximum Gasteiger partial charge on any atom is 0.135 e. The van der Waals surface area contributed by atoms with Gasteiger partial charge in [-0.1, -0.05) is 0 Å². The molecule has 98 valence electrons. The van der Waals surface area contributed by atoms with Gasteiger partial charge in [-0.15, -0.1) is 11.8 Å². The van der Waals surface area contributed by atoms with Crippen molar-refractivity contribution in [2.45, 2.75) is 48.5 Å². The molecule has 1 aliphatic carbocycles. The number of nitrogens with zero attached hydrogens (tertiary/aromatic N) is 2. The minimum absolute atomic E-state index is 0.326. The molecule has 18 heavy (non-hydrogen) atoms. The molecule has 0 amide bonds. The van der Waals surface area contributed by atoms with E-state index in [4.69, 9.17) is 9.72 Å². The van der Waals surface area contributed by atoms with Crippen molar-refractivity contribution < 1.29 is 4.74 Å². The Hall–Kier alpha value is -0.810. The first-order chi connectivity index (χ1) is 8.76. The molecule has 0 spiro atoms. The standard InChI is InChI=1S/C13H19N3OS/c1-8-10(5-6-17-8)18-12-7-11(14-2)15-13(16-12)9-3-4-9/h7-10H,3-6H2,1-2H3,(H,14,15,16). The average Bonchev–Trinajstić information content (AvgIpc) is 3.15. The van der Waals surface area contributed by atoms with E-state index < -0.39 is 0 Å². The number of hydrogen-bond donors (Lipinski definition) is 1. The van der Waals surface area contributed by atoms with Crippen LogP contribution in [0.4, 0.5) is 5.82 Å². The van der Waals surface area contributed by atoms with Crippen LogP contribution in [0.25, 0.3) is 0 Å². The van der Waals surface area contributed by atoms with E-state index in [9.17, 15) is 0 Å². The van der Waals surface area contributed by atoms with Crippen LogP contribution in [-0.2, 0) is 4.74 Å². The molecule has 1 N–H and O–H groups in total. The molecule has 5 heteroatoms. The maximum atomic E-state index is 5.60. The van der Waals surface area contributed by atoms with Crippen molar-refractivity contribution in [3.05, 3.63) is 11.9 Å². The van der Waals surface area contributed by atoms with Crippen LogP contribution in [0.2, 0.25) is 0 Å². The molecule has 4 nitrogen and oxygen atoms in total. The van der Waals surface area contributed by atoms with Crippen LogP contribution in [0.15, 0.2) is 11.1 Å². The highest BCUT2D eigenvalue weighted by Gasteiger charge is 2.29. The summed E-state index contributed by atoms with van der Waals surface area (Å²) >= 11 is 1.83. The van der Waals surface area contributed by atoms with Gasteiger partial charge in [-0.25, -0.2) is 9.97 Å². The minimum atomic E-state index is 0.326. The molecular weight excluding hydrogens is 246 g/mol. The van der Waals surface area contributed by atoms with Gasteiger partial charge in [0.2, 0.25) is 0 Å². The van der Waals surface area contributed by atoms with Crippen LogP contribution >= 0.6 is 11.8 Å². The van der Waals surface area contributed by atoms with Gasteiger partial charge in [0, 0.05) is 30.9 Å². The number of anilines is 1. The van der Waals surface area contributed by atoms with Crippen LogP contribution < -0.4 is 5.32 Å². The molecule has 2 fully saturated rings. The number of aromatic nitrogens is 2. The molecule has 1 aromatic heterocycles. The van der Waals surface area contributed by atoms with E-state index in [-0.39, 0.29) is 0 Å². The van der Waals surface area contributed by atoms with Gasteiger partial charge < -0.3 is 10.1 Å². The predicted molar refractivity (Wildman–Crippen MR) is 73.2 cm³/mol. The fourth-order valence-corrected chi connectivity index (χ4v) is 3.30. The van der Waals surface area contributed by atoms with E-state index in [0.29, 0.717) is 17.3 Å². The van der Waals surface area contributed by atoms with E-state index in [0.717, 1.165) is 29.7 Å². The van der Waals surface area contributed by atoms with Crippen molar-refractivity contribution in [3.8, 4) is 0 Å². The first-order valence-corrected chi connectivity index (χ1v) is 7.49. The molecule has 1 saturated carbocycles. The Morgan fingerprint density at radius 2 is 2.17 bits per heavy atom. The topological polar surface area (TPSA) is 47.0 Å². The largest absolute Gasteiger partial charge is 0.377 e. The fourth-order valence-electron chi connectivity index (χ4n) is 2.18. The second-order valence-electron chi connectivity index (χ2n) is 4.99. The zero-order valence-electron chi connectivity index (χ0n) is 10.8. The normalized spacial score (nSPS) is 27.4. The number of rotatable bonds is 4. The van der Waals surface area contributed by atoms with Gasteiger partial charge in [0.25, 0.3) is 0 Å². The monoisotopic (exact) mass is 265 g/mol. The number of ether oxygens (including phenoxy) is 1. The number of nitrogens with one attached hydrogen (secondary N) is 1. The Bertz CT molecular complexity index is 436. The molecule has 2 unspecified atom stereocenters. The van der Waals surface area contributed by atoms with Gasteiger partial charge in [0.15, 0.2) is 0 Å². The molecular formula is C13H19N3OS. The molecule has 0 bridgehead atoms. The summed E-state index contributed by atoms with van der Waals surface area (Å²) in [5.74, 6) is 2.53. The Labute approximate surface area is 112 Å². The van der Waals surface area contributed by atoms with Gasteiger partial charge in [-0.2, -0.15) is 0 Å². The van der Waals surface area contributed by atoms with Crippen LogP contribution in [0.1, 0.15) is 37.9 Å². The van der Waals surface area contributed by atoms with Gasteiger partial charge in [-0.3, -0.25) is 0 Å².